The average Bonchev–Trinajstić information content (AvgIpc) is 2.80. The monoisotopic (exact) mass is 263 g/mol. The summed E-state index contributed by atoms with van der Waals surface area (Å²) in [5.41, 5.74) is 1.31. The van der Waals surface area contributed by atoms with E-state index in [1.807, 2.05) is 0 Å². The first kappa shape index (κ1) is 13.8. The van der Waals surface area contributed by atoms with E-state index in [9.17, 15) is 14.7 Å². The molecule has 0 unspecified atom stereocenters. The van der Waals surface area contributed by atoms with Crippen LogP contribution < -0.4 is 5.56 Å². The number of carboxylic acids is 1. The van der Waals surface area contributed by atoms with Gasteiger partial charge in [-0.15, -0.1) is 0 Å². The van der Waals surface area contributed by atoms with Gasteiger partial charge in [0.2, 0.25) is 0 Å². The third-order valence-corrected chi connectivity index (χ3v) is 4.22. The quantitative estimate of drug-likeness (QED) is 0.908. The molecule has 0 bridgehead atoms. The fraction of sp³-hybridized carbons (Fsp3) is 0.600. The zero-order valence-electron chi connectivity index (χ0n) is 11.6. The van der Waals surface area contributed by atoms with Gasteiger partial charge in [0.15, 0.2) is 0 Å². The van der Waals surface area contributed by atoms with Crippen LogP contribution in [0.2, 0.25) is 0 Å². The minimum Gasteiger partial charge on any atom is -0.478 e. The van der Waals surface area contributed by atoms with Crippen LogP contribution in [-0.4, -0.2) is 15.6 Å². The number of aryl methyl sites for hydroxylation is 1. The van der Waals surface area contributed by atoms with Crippen LogP contribution in [0.25, 0.3) is 0 Å². The molecule has 0 aromatic carbocycles. The lowest BCUT2D eigenvalue weighted by atomic mass is 10.0. The molecule has 1 aromatic heterocycles. The van der Waals surface area contributed by atoms with E-state index in [1.54, 1.807) is 18.4 Å². The topological polar surface area (TPSA) is 59.3 Å². The Morgan fingerprint density at radius 3 is 2.58 bits per heavy atom. The third-order valence-electron chi connectivity index (χ3n) is 4.22. The lowest BCUT2D eigenvalue weighted by molar-refractivity contribution is 0.0694. The van der Waals surface area contributed by atoms with Gasteiger partial charge in [0.05, 0.1) is 5.56 Å². The van der Waals surface area contributed by atoms with E-state index in [0.717, 1.165) is 6.42 Å². The first-order valence-corrected chi connectivity index (χ1v) is 6.95. The Labute approximate surface area is 113 Å². The maximum atomic E-state index is 12.0. The van der Waals surface area contributed by atoms with Crippen molar-refractivity contribution in [2.45, 2.75) is 52.5 Å². The molecule has 19 heavy (non-hydrogen) atoms. The normalized spacial score (nSPS) is 15.9. The summed E-state index contributed by atoms with van der Waals surface area (Å²) in [5, 5.41) is 9.23. The number of hydrogen-bond acceptors (Lipinski definition) is 2. The number of carbonyl (C=O) groups is 1. The molecule has 0 saturated heterocycles. The molecule has 0 spiro atoms. The molecule has 0 aliphatic heterocycles. The molecule has 0 radical (unpaired) electrons. The van der Waals surface area contributed by atoms with Crippen LogP contribution in [0.5, 0.6) is 0 Å². The first-order valence-electron chi connectivity index (χ1n) is 6.95. The zero-order chi connectivity index (χ0) is 14.0. The molecule has 104 valence electrons. The van der Waals surface area contributed by atoms with Gasteiger partial charge in [-0.3, -0.25) is 4.79 Å². The van der Waals surface area contributed by atoms with E-state index in [0.29, 0.717) is 23.7 Å². The van der Waals surface area contributed by atoms with Crippen molar-refractivity contribution in [2.24, 2.45) is 5.92 Å². The smallest absolute Gasteiger partial charge is 0.337 e. The molecule has 4 nitrogen and oxygen atoms in total. The van der Waals surface area contributed by atoms with E-state index in [4.69, 9.17) is 0 Å². The van der Waals surface area contributed by atoms with Crippen LogP contribution in [0, 0.1) is 19.8 Å². The number of pyridine rings is 1. The SMILES string of the molecule is Cc1cc(=O)n(CCC2CCCC2)c(C)c1C(=O)O. The first-order chi connectivity index (χ1) is 9.00. The highest BCUT2D eigenvalue weighted by molar-refractivity contribution is 5.90. The van der Waals surface area contributed by atoms with Gasteiger partial charge in [-0.1, -0.05) is 25.7 Å². The molecule has 1 aromatic rings. The van der Waals surface area contributed by atoms with E-state index in [-0.39, 0.29) is 11.1 Å². The van der Waals surface area contributed by atoms with Crippen molar-refractivity contribution in [3.05, 3.63) is 33.2 Å². The lowest BCUT2D eigenvalue weighted by Gasteiger charge is -2.16. The van der Waals surface area contributed by atoms with Crippen molar-refractivity contribution in [3.8, 4) is 0 Å². The number of aromatic nitrogens is 1. The third kappa shape index (κ3) is 2.88. The second-order valence-corrected chi connectivity index (χ2v) is 5.52. The van der Waals surface area contributed by atoms with Crippen LogP contribution in [0.4, 0.5) is 0 Å². The van der Waals surface area contributed by atoms with Crippen LogP contribution in [0.15, 0.2) is 10.9 Å². The average molecular weight is 263 g/mol. The summed E-state index contributed by atoms with van der Waals surface area (Å²) in [6, 6.07) is 1.44. The Bertz CT molecular complexity index is 539. The van der Waals surface area contributed by atoms with Crippen LogP contribution in [-0.2, 0) is 6.54 Å². The van der Waals surface area contributed by atoms with E-state index in [2.05, 4.69) is 0 Å². The van der Waals surface area contributed by atoms with Crippen molar-refractivity contribution < 1.29 is 9.90 Å². The van der Waals surface area contributed by atoms with Crippen LogP contribution in [0.3, 0.4) is 0 Å². The fourth-order valence-corrected chi connectivity index (χ4v) is 3.13. The van der Waals surface area contributed by atoms with Crippen molar-refractivity contribution >= 4 is 5.97 Å². The molecule has 1 aliphatic carbocycles. The lowest BCUT2D eigenvalue weighted by Crippen LogP contribution is -2.26. The predicted molar refractivity (Wildman–Crippen MR) is 73.7 cm³/mol. The molecule has 4 heteroatoms. The van der Waals surface area contributed by atoms with E-state index >= 15 is 0 Å². The van der Waals surface area contributed by atoms with E-state index < -0.39 is 5.97 Å². The second-order valence-electron chi connectivity index (χ2n) is 5.52. The predicted octanol–water partition coefficient (Wildman–Crippen LogP) is 2.74. The van der Waals surface area contributed by atoms with Gasteiger partial charge < -0.3 is 9.67 Å². The molecule has 2 rings (SSSR count). The summed E-state index contributed by atoms with van der Waals surface area (Å²) in [6.07, 6.45) is 6.03. The Morgan fingerprint density at radius 2 is 2.00 bits per heavy atom. The number of hydrogen-bond donors (Lipinski definition) is 1. The molecule has 1 N–H and O–H groups in total. The summed E-state index contributed by atoms with van der Waals surface area (Å²) < 4.78 is 1.62. The van der Waals surface area contributed by atoms with Gasteiger partial charge in [0.1, 0.15) is 0 Å². The summed E-state index contributed by atoms with van der Waals surface area (Å²) in [4.78, 5) is 23.3. The molecule has 0 amide bonds. The number of nitrogens with zero attached hydrogens (tertiary/aromatic N) is 1. The standard InChI is InChI=1S/C15H21NO3/c1-10-9-13(17)16(11(2)14(10)15(18)19)8-7-12-5-3-4-6-12/h9,12H,3-8H2,1-2H3,(H,18,19). The molecule has 1 fully saturated rings. The van der Waals surface area contributed by atoms with Gasteiger partial charge in [0.25, 0.3) is 5.56 Å². The summed E-state index contributed by atoms with van der Waals surface area (Å²) in [5.74, 6) is -0.259. The van der Waals surface area contributed by atoms with Crippen molar-refractivity contribution in [1.29, 1.82) is 0 Å². The summed E-state index contributed by atoms with van der Waals surface area (Å²) >= 11 is 0. The largest absolute Gasteiger partial charge is 0.478 e. The Morgan fingerprint density at radius 1 is 1.37 bits per heavy atom. The Kier molecular flexibility index (Phi) is 4.08. The van der Waals surface area contributed by atoms with Crippen molar-refractivity contribution in [3.63, 3.8) is 0 Å². The minimum atomic E-state index is -0.954. The number of rotatable bonds is 4. The molecule has 1 aliphatic rings. The molecule has 0 atom stereocenters. The Balaban J connectivity index is 2.26. The van der Waals surface area contributed by atoms with Crippen LogP contribution in [0.1, 0.15) is 53.7 Å². The fourth-order valence-electron chi connectivity index (χ4n) is 3.13. The molecular formula is C15H21NO3. The van der Waals surface area contributed by atoms with Gasteiger partial charge >= 0.3 is 5.97 Å². The summed E-state index contributed by atoms with van der Waals surface area (Å²) in [7, 11) is 0. The van der Waals surface area contributed by atoms with Gasteiger partial charge in [-0.2, -0.15) is 0 Å². The molecular weight excluding hydrogens is 242 g/mol. The minimum absolute atomic E-state index is 0.0852. The van der Waals surface area contributed by atoms with Gasteiger partial charge in [0, 0.05) is 18.3 Å². The van der Waals surface area contributed by atoms with Gasteiger partial charge in [-0.25, -0.2) is 4.79 Å². The van der Waals surface area contributed by atoms with Gasteiger partial charge in [-0.05, 0) is 31.7 Å². The van der Waals surface area contributed by atoms with Crippen molar-refractivity contribution in [1.82, 2.24) is 4.57 Å². The Hall–Kier alpha value is -1.58. The highest BCUT2D eigenvalue weighted by Gasteiger charge is 2.18. The maximum absolute atomic E-state index is 12.0. The highest BCUT2D eigenvalue weighted by Crippen LogP contribution is 2.28. The molecule has 1 saturated carbocycles. The van der Waals surface area contributed by atoms with Crippen molar-refractivity contribution in [2.75, 3.05) is 0 Å². The summed E-state index contributed by atoms with van der Waals surface area (Å²) in [6.45, 7) is 4.04. The molecule has 1 heterocycles. The zero-order valence-corrected chi connectivity index (χ0v) is 11.6. The number of carboxylic acid groups (broad SMARTS) is 1. The second kappa shape index (κ2) is 5.59. The highest BCUT2D eigenvalue weighted by atomic mass is 16.4. The van der Waals surface area contributed by atoms with Crippen LogP contribution >= 0.6 is 0 Å². The maximum Gasteiger partial charge on any atom is 0.337 e. The number of aromatic carboxylic acids is 1. The van der Waals surface area contributed by atoms with E-state index in [1.165, 1.54) is 31.7 Å².